The van der Waals surface area contributed by atoms with Crippen molar-refractivity contribution in [2.75, 3.05) is 12.4 Å². The van der Waals surface area contributed by atoms with E-state index in [1.807, 2.05) is 19.1 Å². The normalized spacial score (nSPS) is 10.8. The van der Waals surface area contributed by atoms with Gasteiger partial charge < -0.3 is 10.6 Å². The molecule has 8 heteroatoms. The van der Waals surface area contributed by atoms with E-state index in [9.17, 15) is 4.79 Å². The van der Waals surface area contributed by atoms with Crippen LogP contribution in [0.1, 0.15) is 21.7 Å². The summed E-state index contributed by atoms with van der Waals surface area (Å²) in [4.78, 5) is 11.9. The van der Waals surface area contributed by atoms with Crippen LogP contribution in [-0.2, 0) is 0 Å². The number of para-hydroxylation sites is 1. The number of aromatic nitrogens is 4. The van der Waals surface area contributed by atoms with Crippen LogP contribution in [-0.4, -0.2) is 33.6 Å². The van der Waals surface area contributed by atoms with Crippen LogP contribution in [0, 0.1) is 18.3 Å². The van der Waals surface area contributed by atoms with E-state index in [0.717, 1.165) is 5.56 Å². The Bertz CT molecular complexity index is 713. The number of H-pyrrole nitrogens is 1. The van der Waals surface area contributed by atoms with Crippen molar-refractivity contribution in [2.24, 2.45) is 0 Å². The van der Waals surface area contributed by atoms with Crippen LogP contribution in [0.2, 0.25) is 0 Å². The molecule has 0 unspecified atom stereocenters. The largest absolute Gasteiger partial charge is 0.359 e. The summed E-state index contributed by atoms with van der Waals surface area (Å²) in [5, 5.41) is 27.8. The molecule has 1 aromatic heterocycles. The highest BCUT2D eigenvalue weighted by Crippen LogP contribution is 2.21. The van der Waals surface area contributed by atoms with Crippen molar-refractivity contribution in [3.63, 3.8) is 0 Å². The van der Waals surface area contributed by atoms with Crippen molar-refractivity contribution in [1.82, 2.24) is 25.9 Å². The maximum Gasteiger partial charge on any atom is 0.253 e. The Morgan fingerprint density at radius 2 is 2.29 bits per heavy atom. The third-order valence-corrected chi connectivity index (χ3v) is 2.81. The first-order chi connectivity index (χ1) is 10.2. The van der Waals surface area contributed by atoms with Gasteiger partial charge in [-0.2, -0.15) is 10.5 Å². The Balaban J connectivity index is 2.36. The minimum atomic E-state index is -0.215. The monoisotopic (exact) mass is 283 g/mol. The number of anilines is 1. The topological polar surface area (TPSA) is 119 Å². The van der Waals surface area contributed by atoms with Gasteiger partial charge in [-0.1, -0.05) is 12.1 Å². The van der Waals surface area contributed by atoms with Crippen LogP contribution in [0.25, 0.3) is 5.57 Å². The molecule has 0 fully saturated rings. The van der Waals surface area contributed by atoms with Gasteiger partial charge in [0.05, 0.1) is 11.3 Å². The number of nitrogens with zero attached hydrogens (tertiary/aromatic N) is 4. The summed E-state index contributed by atoms with van der Waals surface area (Å²) in [5.74, 6) is -0.0345. The molecule has 8 nitrogen and oxygen atoms in total. The van der Waals surface area contributed by atoms with E-state index in [1.165, 1.54) is 6.20 Å². The first-order valence-electron chi connectivity index (χ1n) is 6.09. The van der Waals surface area contributed by atoms with Crippen molar-refractivity contribution >= 4 is 17.2 Å². The number of amides is 1. The average Bonchev–Trinajstić information content (AvgIpc) is 3.02. The van der Waals surface area contributed by atoms with E-state index in [1.54, 1.807) is 19.2 Å². The molecule has 0 aliphatic carbocycles. The molecular weight excluding hydrogens is 270 g/mol. The zero-order chi connectivity index (χ0) is 15.2. The third kappa shape index (κ3) is 3.03. The van der Waals surface area contributed by atoms with Crippen molar-refractivity contribution in [2.45, 2.75) is 6.92 Å². The summed E-state index contributed by atoms with van der Waals surface area (Å²) in [7, 11) is 1.56. The van der Waals surface area contributed by atoms with E-state index < -0.39 is 0 Å². The van der Waals surface area contributed by atoms with Gasteiger partial charge in [-0.3, -0.25) is 4.79 Å². The lowest BCUT2D eigenvalue weighted by molar-refractivity contribution is 0.0964. The van der Waals surface area contributed by atoms with Gasteiger partial charge in [-0.15, -0.1) is 10.2 Å². The highest BCUT2D eigenvalue weighted by atomic mass is 16.1. The maximum absolute atomic E-state index is 11.9. The van der Waals surface area contributed by atoms with Crippen LogP contribution in [0.3, 0.4) is 0 Å². The first-order valence-corrected chi connectivity index (χ1v) is 6.09. The number of hydrogen-bond acceptors (Lipinski definition) is 6. The smallest absolute Gasteiger partial charge is 0.253 e. The van der Waals surface area contributed by atoms with Crippen LogP contribution < -0.4 is 10.6 Å². The van der Waals surface area contributed by atoms with Gasteiger partial charge in [0.1, 0.15) is 11.6 Å². The molecule has 1 aromatic carbocycles. The number of carbonyl (C=O) groups excluding carboxylic acids is 1. The summed E-state index contributed by atoms with van der Waals surface area (Å²) >= 11 is 0. The second-order valence-corrected chi connectivity index (χ2v) is 4.13. The van der Waals surface area contributed by atoms with Crippen LogP contribution in [0.5, 0.6) is 0 Å². The highest BCUT2D eigenvalue weighted by molar-refractivity contribution is 6.00. The molecule has 1 amide bonds. The molecule has 0 saturated heterocycles. The SMILES string of the molecule is CNC(=O)c1cccc(C)c1NC=C(C#N)c1nn[nH]n1. The molecule has 0 bridgehead atoms. The van der Waals surface area contributed by atoms with Crippen molar-refractivity contribution < 1.29 is 4.79 Å². The van der Waals surface area contributed by atoms with E-state index >= 15 is 0 Å². The van der Waals surface area contributed by atoms with Gasteiger partial charge in [0, 0.05) is 13.2 Å². The van der Waals surface area contributed by atoms with E-state index in [0.29, 0.717) is 11.3 Å². The number of allylic oxidation sites excluding steroid dienone is 1. The minimum absolute atomic E-state index is 0.181. The second kappa shape index (κ2) is 6.29. The van der Waals surface area contributed by atoms with Gasteiger partial charge in [-0.25, -0.2) is 0 Å². The minimum Gasteiger partial charge on any atom is -0.359 e. The molecule has 21 heavy (non-hydrogen) atoms. The van der Waals surface area contributed by atoms with Crippen molar-refractivity contribution in [1.29, 1.82) is 5.26 Å². The number of tetrazole rings is 1. The number of nitriles is 1. The lowest BCUT2D eigenvalue weighted by atomic mass is 10.1. The number of aryl methyl sites for hydroxylation is 1. The fraction of sp³-hybridized carbons (Fsp3) is 0.154. The number of carbonyl (C=O) groups is 1. The lowest BCUT2D eigenvalue weighted by Crippen LogP contribution is -2.19. The molecule has 3 N–H and O–H groups in total. The Kier molecular flexibility index (Phi) is 4.26. The molecule has 0 atom stereocenters. The molecule has 0 aliphatic heterocycles. The summed E-state index contributed by atoms with van der Waals surface area (Å²) in [5.41, 5.74) is 2.18. The lowest BCUT2D eigenvalue weighted by Gasteiger charge is -2.11. The Morgan fingerprint density at radius 1 is 1.48 bits per heavy atom. The molecule has 2 aromatic rings. The number of hydrogen-bond donors (Lipinski definition) is 3. The molecule has 0 saturated carbocycles. The van der Waals surface area contributed by atoms with Crippen molar-refractivity contribution in [3.05, 3.63) is 41.4 Å². The number of benzene rings is 1. The fourth-order valence-corrected chi connectivity index (χ4v) is 1.75. The molecular formula is C13H13N7O. The Hall–Kier alpha value is -3.21. The molecule has 106 valence electrons. The third-order valence-electron chi connectivity index (χ3n) is 2.81. The van der Waals surface area contributed by atoms with E-state index in [-0.39, 0.29) is 17.3 Å². The Morgan fingerprint density at radius 3 is 2.90 bits per heavy atom. The van der Waals surface area contributed by atoms with Gasteiger partial charge in [0.25, 0.3) is 5.91 Å². The standard InChI is InChI=1S/C13H13N7O/c1-8-4-3-5-10(13(21)15-2)11(8)16-7-9(6-14)12-17-19-20-18-12/h3-5,7,16H,1-2H3,(H,15,21)(H,17,18,19,20). The quantitative estimate of drug-likeness (QED) is 0.715. The van der Waals surface area contributed by atoms with Gasteiger partial charge in [0.15, 0.2) is 0 Å². The summed E-state index contributed by atoms with van der Waals surface area (Å²) in [6.07, 6.45) is 1.44. The molecule has 1 heterocycles. The van der Waals surface area contributed by atoms with E-state index in [2.05, 4.69) is 31.3 Å². The van der Waals surface area contributed by atoms with Gasteiger partial charge >= 0.3 is 0 Å². The Labute approximate surface area is 120 Å². The summed E-state index contributed by atoms with van der Waals surface area (Å²) in [6.45, 7) is 1.86. The molecule has 2 rings (SSSR count). The van der Waals surface area contributed by atoms with E-state index in [4.69, 9.17) is 5.26 Å². The number of rotatable bonds is 4. The molecule has 0 spiro atoms. The fourth-order valence-electron chi connectivity index (χ4n) is 1.75. The highest BCUT2D eigenvalue weighted by Gasteiger charge is 2.12. The number of aromatic amines is 1. The zero-order valence-electron chi connectivity index (χ0n) is 11.5. The molecule has 0 radical (unpaired) electrons. The maximum atomic E-state index is 11.9. The summed E-state index contributed by atoms with van der Waals surface area (Å²) in [6, 6.07) is 7.32. The van der Waals surface area contributed by atoms with Crippen LogP contribution in [0.4, 0.5) is 5.69 Å². The predicted molar refractivity (Wildman–Crippen MR) is 76.0 cm³/mol. The van der Waals surface area contributed by atoms with Crippen LogP contribution in [0.15, 0.2) is 24.4 Å². The van der Waals surface area contributed by atoms with Crippen LogP contribution >= 0.6 is 0 Å². The molecule has 0 aliphatic rings. The second-order valence-electron chi connectivity index (χ2n) is 4.13. The zero-order valence-corrected chi connectivity index (χ0v) is 11.5. The predicted octanol–water partition coefficient (Wildman–Crippen LogP) is 0.844. The summed E-state index contributed by atoms with van der Waals surface area (Å²) < 4.78 is 0. The number of nitrogens with one attached hydrogen (secondary N) is 3. The van der Waals surface area contributed by atoms with Crippen molar-refractivity contribution in [3.8, 4) is 6.07 Å². The van der Waals surface area contributed by atoms with Gasteiger partial charge in [-0.05, 0) is 23.8 Å². The average molecular weight is 283 g/mol. The van der Waals surface area contributed by atoms with Gasteiger partial charge in [0.2, 0.25) is 5.82 Å². The first kappa shape index (κ1) is 14.2.